The Bertz CT molecular complexity index is 482. The number of allylic oxidation sites excluding steroid dienone is 2. The molecule has 2 nitrogen and oxygen atoms in total. The van der Waals surface area contributed by atoms with Crippen molar-refractivity contribution in [3.05, 3.63) is 33.5 Å². The van der Waals surface area contributed by atoms with E-state index < -0.39 is 0 Å². The van der Waals surface area contributed by atoms with Crippen LogP contribution in [0.4, 0.5) is 0 Å². The molecule has 0 saturated heterocycles. The molecule has 1 fully saturated rings. The van der Waals surface area contributed by atoms with E-state index in [1.165, 1.54) is 11.3 Å². The molecule has 1 aromatic rings. The fourth-order valence-corrected chi connectivity index (χ4v) is 4.10. The van der Waals surface area contributed by atoms with Gasteiger partial charge in [0.25, 0.3) is 0 Å². The molecule has 0 radical (unpaired) electrons. The van der Waals surface area contributed by atoms with Gasteiger partial charge in [-0.15, -0.1) is 11.3 Å². The molecule has 1 heterocycles. The van der Waals surface area contributed by atoms with Crippen LogP contribution in [0.2, 0.25) is 4.34 Å². The lowest BCUT2D eigenvalue weighted by Crippen LogP contribution is -2.34. The number of hydrogen-bond acceptors (Lipinski definition) is 2. The lowest BCUT2D eigenvalue weighted by atomic mass is 9.93. The van der Waals surface area contributed by atoms with Crippen molar-refractivity contribution < 1.29 is 4.79 Å². The number of rotatable bonds is 4. The highest BCUT2D eigenvalue weighted by atomic mass is 35.5. The molecule has 1 amide bonds. The molecular formula is C14H16ClNOS. The second kappa shape index (κ2) is 5.06. The van der Waals surface area contributed by atoms with Gasteiger partial charge in [0.05, 0.1) is 4.34 Å². The van der Waals surface area contributed by atoms with Crippen LogP contribution in [0.15, 0.2) is 24.3 Å². The van der Waals surface area contributed by atoms with Gasteiger partial charge in [-0.05, 0) is 43.2 Å². The highest BCUT2D eigenvalue weighted by molar-refractivity contribution is 7.16. The van der Waals surface area contributed by atoms with Gasteiger partial charge >= 0.3 is 0 Å². The van der Waals surface area contributed by atoms with Gasteiger partial charge in [0.2, 0.25) is 5.91 Å². The van der Waals surface area contributed by atoms with E-state index in [4.69, 9.17) is 11.6 Å². The van der Waals surface area contributed by atoms with Gasteiger partial charge in [0.1, 0.15) is 0 Å². The smallest absolute Gasteiger partial charge is 0.223 e. The summed E-state index contributed by atoms with van der Waals surface area (Å²) in [5.41, 5.74) is 0. The quantitative estimate of drug-likeness (QED) is 0.843. The Hall–Kier alpha value is -0.800. The van der Waals surface area contributed by atoms with Crippen LogP contribution in [-0.2, 0) is 11.2 Å². The molecule has 0 aromatic carbocycles. The summed E-state index contributed by atoms with van der Waals surface area (Å²) in [6.45, 7) is 0.716. The van der Waals surface area contributed by atoms with Crippen LogP contribution >= 0.6 is 22.9 Å². The molecule has 2 bridgehead atoms. The minimum absolute atomic E-state index is 0.215. The summed E-state index contributed by atoms with van der Waals surface area (Å²) < 4.78 is 0.814. The lowest BCUT2D eigenvalue weighted by Gasteiger charge is -2.17. The topological polar surface area (TPSA) is 29.1 Å². The summed E-state index contributed by atoms with van der Waals surface area (Å²) in [5.74, 6) is 1.59. The predicted molar refractivity (Wildman–Crippen MR) is 74.9 cm³/mol. The number of carbonyl (C=O) groups excluding carboxylic acids is 1. The third-order valence-electron chi connectivity index (χ3n) is 3.92. The Kier molecular flexibility index (Phi) is 3.44. The number of thiophene rings is 1. The molecule has 1 aromatic heterocycles. The molecule has 2 aliphatic rings. The number of fused-ring (bicyclic) bond motifs is 2. The third-order valence-corrected chi connectivity index (χ3v) is 5.21. The van der Waals surface area contributed by atoms with Crippen LogP contribution in [0.1, 0.15) is 17.7 Å². The molecule has 0 aliphatic heterocycles. The molecule has 4 heteroatoms. The fraction of sp³-hybridized carbons (Fsp3) is 0.500. The van der Waals surface area contributed by atoms with Crippen LogP contribution in [0.3, 0.4) is 0 Å². The van der Waals surface area contributed by atoms with Crippen LogP contribution in [0, 0.1) is 17.8 Å². The average molecular weight is 282 g/mol. The first-order chi connectivity index (χ1) is 8.72. The Labute approximate surface area is 116 Å². The van der Waals surface area contributed by atoms with Crippen molar-refractivity contribution in [2.45, 2.75) is 19.3 Å². The zero-order chi connectivity index (χ0) is 12.5. The van der Waals surface area contributed by atoms with E-state index in [0.29, 0.717) is 18.4 Å². The zero-order valence-corrected chi connectivity index (χ0v) is 11.6. The first-order valence-electron chi connectivity index (χ1n) is 6.42. The SMILES string of the molecule is O=C(NCCc1ccc(Cl)s1)[C@H]1C[C@H]2C=C[C@H]1C2. The summed E-state index contributed by atoms with van der Waals surface area (Å²) in [7, 11) is 0. The van der Waals surface area contributed by atoms with Crippen LogP contribution in [0.25, 0.3) is 0 Å². The van der Waals surface area contributed by atoms with E-state index in [1.807, 2.05) is 12.1 Å². The van der Waals surface area contributed by atoms with E-state index in [9.17, 15) is 4.79 Å². The van der Waals surface area contributed by atoms with Gasteiger partial charge in [-0.3, -0.25) is 4.79 Å². The van der Waals surface area contributed by atoms with Crippen LogP contribution in [-0.4, -0.2) is 12.5 Å². The van der Waals surface area contributed by atoms with E-state index >= 15 is 0 Å². The molecule has 3 atom stereocenters. The summed E-state index contributed by atoms with van der Waals surface area (Å²) in [6.07, 6.45) is 7.58. The summed E-state index contributed by atoms with van der Waals surface area (Å²) in [5, 5.41) is 3.06. The van der Waals surface area contributed by atoms with Crippen molar-refractivity contribution in [1.29, 1.82) is 0 Å². The molecule has 0 spiro atoms. The average Bonchev–Trinajstić information content (AvgIpc) is 3.05. The summed E-state index contributed by atoms with van der Waals surface area (Å²) in [6, 6.07) is 3.93. The number of halogens is 1. The number of carbonyl (C=O) groups is 1. The normalized spacial score (nSPS) is 28.8. The maximum absolute atomic E-state index is 12.1. The minimum atomic E-state index is 0.215. The van der Waals surface area contributed by atoms with E-state index in [0.717, 1.165) is 17.2 Å². The zero-order valence-electron chi connectivity index (χ0n) is 10.1. The second-order valence-electron chi connectivity index (χ2n) is 5.13. The Morgan fingerprint density at radius 3 is 2.89 bits per heavy atom. The van der Waals surface area contributed by atoms with E-state index in [1.54, 1.807) is 11.3 Å². The van der Waals surface area contributed by atoms with Gasteiger partial charge in [-0.2, -0.15) is 0 Å². The first kappa shape index (κ1) is 12.2. The Morgan fingerprint density at radius 1 is 1.39 bits per heavy atom. The maximum Gasteiger partial charge on any atom is 0.223 e. The van der Waals surface area contributed by atoms with Gasteiger partial charge in [0, 0.05) is 17.3 Å². The second-order valence-corrected chi connectivity index (χ2v) is 6.93. The van der Waals surface area contributed by atoms with Crippen molar-refractivity contribution in [2.75, 3.05) is 6.54 Å². The lowest BCUT2D eigenvalue weighted by molar-refractivity contribution is -0.125. The number of amides is 1. The fourth-order valence-electron chi connectivity index (χ4n) is 3.01. The van der Waals surface area contributed by atoms with Crippen molar-refractivity contribution in [3.63, 3.8) is 0 Å². The standard InChI is InChI=1S/C14H16ClNOS/c15-13-4-3-11(18-13)5-6-16-14(17)12-8-9-1-2-10(12)7-9/h1-4,9-10,12H,5-8H2,(H,16,17)/t9-,10-,12-/m0/s1. The van der Waals surface area contributed by atoms with Gasteiger partial charge < -0.3 is 5.32 Å². The van der Waals surface area contributed by atoms with Crippen molar-refractivity contribution in [2.24, 2.45) is 17.8 Å². The highest BCUT2D eigenvalue weighted by Crippen LogP contribution is 2.43. The molecule has 2 aliphatic carbocycles. The third kappa shape index (κ3) is 2.47. The largest absolute Gasteiger partial charge is 0.355 e. The Balaban J connectivity index is 1.46. The van der Waals surface area contributed by atoms with Crippen LogP contribution < -0.4 is 5.32 Å². The first-order valence-corrected chi connectivity index (χ1v) is 7.62. The molecule has 18 heavy (non-hydrogen) atoms. The molecule has 0 unspecified atom stereocenters. The van der Waals surface area contributed by atoms with Gasteiger partial charge in [0.15, 0.2) is 0 Å². The minimum Gasteiger partial charge on any atom is -0.355 e. The predicted octanol–water partition coefficient (Wildman–Crippen LogP) is 3.27. The molecule has 1 N–H and O–H groups in total. The van der Waals surface area contributed by atoms with Gasteiger partial charge in [-0.1, -0.05) is 23.8 Å². The van der Waals surface area contributed by atoms with Crippen molar-refractivity contribution >= 4 is 28.8 Å². The van der Waals surface area contributed by atoms with Gasteiger partial charge in [-0.25, -0.2) is 0 Å². The monoisotopic (exact) mass is 281 g/mol. The molecule has 3 rings (SSSR count). The summed E-state index contributed by atoms with van der Waals surface area (Å²) >= 11 is 7.46. The molecule has 1 saturated carbocycles. The number of hydrogen-bond donors (Lipinski definition) is 1. The maximum atomic E-state index is 12.1. The highest BCUT2D eigenvalue weighted by Gasteiger charge is 2.39. The number of nitrogens with one attached hydrogen (secondary N) is 1. The van der Waals surface area contributed by atoms with Crippen LogP contribution in [0.5, 0.6) is 0 Å². The van der Waals surface area contributed by atoms with Crippen molar-refractivity contribution in [1.82, 2.24) is 5.32 Å². The molecular weight excluding hydrogens is 266 g/mol. The summed E-state index contributed by atoms with van der Waals surface area (Å²) in [4.78, 5) is 13.3. The van der Waals surface area contributed by atoms with E-state index in [2.05, 4.69) is 17.5 Å². The van der Waals surface area contributed by atoms with Crippen molar-refractivity contribution in [3.8, 4) is 0 Å². The van der Waals surface area contributed by atoms with E-state index in [-0.39, 0.29) is 11.8 Å². The Morgan fingerprint density at radius 2 is 2.28 bits per heavy atom. The molecule has 96 valence electrons.